The molecular formula is C13H12ClN3S. The van der Waals surface area contributed by atoms with E-state index in [4.69, 9.17) is 16.9 Å². The zero-order chi connectivity index (χ0) is 13.1. The topological polar surface area (TPSA) is 48.7 Å². The summed E-state index contributed by atoms with van der Waals surface area (Å²) in [6.07, 6.45) is 0. The lowest BCUT2D eigenvalue weighted by atomic mass is 10.2. The molecule has 1 N–H and O–H groups in total. The zero-order valence-corrected chi connectivity index (χ0v) is 11.6. The van der Waals surface area contributed by atoms with Crippen molar-refractivity contribution < 1.29 is 0 Å². The molecule has 0 aliphatic carbocycles. The Morgan fingerprint density at radius 1 is 1.50 bits per heavy atom. The van der Waals surface area contributed by atoms with Gasteiger partial charge in [-0.05, 0) is 26.0 Å². The Hall–Kier alpha value is -1.57. The van der Waals surface area contributed by atoms with Crippen LogP contribution in [0.1, 0.15) is 29.2 Å². The standard InChI is InChI=1S/C13H12ClN3S/c1-8-7-18-13(16-8)9(2)17-12-5-3-4-11(14)10(12)6-15/h3-5,7,9,17H,1-2H3. The van der Waals surface area contributed by atoms with Gasteiger partial charge in [0.15, 0.2) is 0 Å². The maximum atomic E-state index is 9.10. The van der Waals surface area contributed by atoms with Crippen LogP contribution < -0.4 is 5.32 Å². The molecule has 2 aromatic rings. The second-order valence-corrected chi connectivity index (χ2v) is 5.26. The molecule has 1 aromatic carbocycles. The van der Waals surface area contributed by atoms with Gasteiger partial charge in [-0.3, -0.25) is 0 Å². The Labute approximate surface area is 115 Å². The van der Waals surface area contributed by atoms with E-state index in [2.05, 4.69) is 16.4 Å². The number of hydrogen-bond acceptors (Lipinski definition) is 4. The number of aryl methyl sites for hydroxylation is 1. The highest BCUT2D eigenvalue weighted by Gasteiger charge is 2.12. The zero-order valence-electron chi connectivity index (χ0n) is 10.1. The van der Waals surface area contributed by atoms with Gasteiger partial charge in [0.05, 0.1) is 22.3 Å². The van der Waals surface area contributed by atoms with Gasteiger partial charge < -0.3 is 5.32 Å². The van der Waals surface area contributed by atoms with E-state index in [1.54, 1.807) is 17.4 Å². The Morgan fingerprint density at radius 3 is 2.89 bits per heavy atom. The molecule has 0 saturated carbocycles. The van der Waals surface area contributed by atoms with E-state index >= 15 is 0 Å². The van der Waals surface area contributed by atoms with Crippen LogP contribution in [0.4, 0.5) is 5.69 Å². The minimum Gasteiger partial charge on any atom is -0.375 e. The third-order valence-electron chi connectivity index (χ3n) is 2.50. The van der Waals surface area contributed by atoms with E-state index in [-0.39, 0.29) is 6.04 Å². The number of thiazole rings is 1. The van der Waals surface area contributed by atoms with E-state index in [1.165, 1.54) is 0 Å². The van der Waals surface area contributed by atoms with Gasteiger partial charge in [-0.25, -0.2) is 4.98 Å². The Kier molecular flexibility index (Phi) is 3.85. The molecule has 1 unspecified atom stereocenters. The van der Waals surface area contributed by atoms with Gasteiger partial charge in [-0.2, -0.15) is 5.26 Å². The highest BCUT2D eigenvalue weighted by atomic mass is 35.5. The molecule has 0 aliphatic heterocycles. The molecule has 0 radical (unpaired) electrons. The molecule has 1 atom stereocenters. The van der Waals surface area contributed by atoms with Crippen LogP contribution in [0.15, 0.2) is 23.6 Å². The summed E-state index contributed by atoms with van der Waals surface area (Å²) in [5.74, 6) is 0. The maximum absolute atomic E-state index is 9.10. The fourth-order valence-electron chi connectivity index (χ4n) is 1.62. The minimum absolute atomic E-state index is 0.0502. The summed E-state index contributed by atoms with van der Waals surface area (Å²) < 4.78 is 0. The first-order chi connectivity index (χ1) is 8.61. The third kappa shape index (κ3) is 2.63. The van der Waals surface area contributed by atoms with Gasteiger partial charge in [-0.15, -0.1) is 11.3 Å². The van der Waals surface area contributed by atoms with Crippen molar-refractivity contribution in [2.45, 2.75) is 19.9 Å². The van der Waals surface area contributed by atoms with Crippen LogP contribution in [0.2, 0.25) is 5.02 Å². The molecule has 3 nitrogen and oxygen atoms in total. The molecule has 1 aromatic heterocycles. The SMILES string of the molecule is Cc1csc(C(C)Nc2cccc(Cl)c2C#N)n1. The number of aromatic nitrogens is 1. The predicted octanol–water partition coefficient (Wildman–Crippen LogP) is 4.15. The summed E-state index contributed by atoms with van der Waals surface area (Å²) in [6, 6.07) is 7.55. The highest BCUT2D eigenvalue weighted by molar-refractivity contribution is 7.09. The first kappa shape index (κ1) is 12.9. The van der Waals surface area contributed by atoms with Gasteiger partial charge in [0.2, 0.25) is 0 Å². The normalized spacial score (nSPS) is 11.9. The number of nitriles is 1. The van der Waals surface area contributed by atoms with Gasteiger partial charge >= 0.3 is 0 Å². The molecule has 0 saturated heterocycles. The first-order valence-corrected chi connectivity index (χ1v) is 6.74. The van der Waals surface area contributed by atoms with Crippen LogP contribution in [0.5, 0.6) is 0 Å². The third-order valence-corrected chi connectivity index (χ3v) is 3.96. The molecule has 0 fully saturated rings. The van der Waals surface area contributed by atoms with Crippen LogP contribution in [-0.2, 0) is 0 Å². The van der Waals surface area contributed by atoms with Crippen LogP contribution in [0, 0.1) is 18.3 Å². The summed E-state index contributed by atoms with van der Waals surface area (Å²) in [4.78, 5) is 4.42. The Morgan fingerprint density at radius 2 is 2.28 bits per heavy atom. The molecule has 5 heteroatoms. The van der Waals surface area contributed by atoms with Gasteiger partial charge in [0, 0.05) is 11.1 Å². The second-order valence-electron chi connectivity index (χ2n) is 3.97. The first-order valence-electron chi connectivity index (χ1n) is 5.49. The molecule has 0 amide bonds. The Balaban J connectivity index is 2.25. The monoisotopic (exact) mass is 277 g/mol. The van der Waals surface area contributed by atoms with Gasteiger partial charge in [-0.1, -0.05) is 17.7 Å². The van der Waals surface area contributed by atoms with Gasteiger partial charge in [0.25, 0.3) is 0 Å². The summed E-state index contributed by atoms with van der Waals surface area (Å²) in [7, 11) is 0. The largest absolute Gasteiger partial charge is 0.375 e. The summed E-state index contributed by atoms with van der Waals surface area (Å²) in [5, 5.41) is 15.8. The van der Waals surface area contributed by atoms with Crippen LogP contribution in [0.25, 0.3) is 0 Å². The molecule has 0 bridgehead atoms. The number of halogens is 1. The number of hydrogen-bond donors (Lipinski definition) is 1. The fourth-order valence-corrected chi connectivity index (χ4v) is 2.64. The summed E-state index contributed by atoms with van der Waals surface area (Å²) >= 11 is 7.59. The number of benzene rings is 1. The average molecular weight is 278 g/mol. The molecular weight excluding hydrogens is 266 g/mol. The van der Waals surface area contributed by atoms with Crippen molar-refractivity contribution >= 4 is 28.6 Å². The van der Waals surface area contributed by atoms with Crippen molar-refractivity contribution in [2.24, 2.45) is 0 Å². The predicted molar refractivity (Wildman–Crippen MR) is 75.1 cm³/mol. The Bertz CT molecular complexity index is 601. The van der Waals surface area contributed by atoms with E-state index < -0.39 is 0 Å². The fraction of sp³-hybridized carbons (Fsp3) is 0.231. The van der Waals surface area contributed by atoms with Gasteiger partial charge in [0.1, 0.15) is 11.1 Å². The average Bonchev–Trinajstić information content (AvgIpc) is 2.76. The molecule has 92 valence electrons. The maximum Gasteiger partial charge on any atom is 0.115 e. The van der Waals surface area contributed by atoms with E-state index in [9.17, 15) is 0 Å². The summed E-state index contributed by atoms with van der Waals surface area (Å²) in [6.45, 7) is 3.98. The van der Waals surface area contributed by atoms with E-state index in [0.717, 1.165) is 16.4 Å². The molecule has 0 spiro atoms. The van der Waals surface area contributed by atoms with Crippen molar-refractivity contribution in [1.82, 2.24) is 4.98 Å². The molecule has 2 rings (SSSR count). The minimum atomic E-state index is 0.0502. The number of nitrogens with zero attached hydrogens (tertiary/aromatic N) is 2. The van der Waals surface area contributed by atoms with Crippen molar-refractivity contribution in [1.29, 1.82) is 5.26 Å². The van der Waals surface area contributed by atoms with E-state index in [1.807, 2.05) is 31.4 Å². The lowest BCUT2D eigenvalue weighted by molar-refractivity contribution is 0.863. The van der Waals surface area contributed by atoms with Crippen LogP contribution >= 0.6 is 22.9 Å². The van der Waals surface area contributed by atoms with E-state index in [0.29, 0.717) is 10.6 Å². The van der Waals surface area contributed by atoms with Crippen LogP contribution in [-0.4, -0.2) is 4.98 Å². The van der Waals surface area contributed by atoms with Crippen molar-refractivity contribution in [2.75, 3.05) is 5.32 Å². The van der Waals surface area contributed by atoms with Crippen molar-refractivity contribution in [3.63, 3.8) is 0 Å². The number of rotatable bonds is 3. The molecule has 18 heavy (non-hydrogen) atoms. The molecule has 0 aliphatic rings. The lowest BCUT2D eigenvalue weighted by Gasteiger charge is -2.14. The number of nitrogens with one attached hydrogen (secondary N) is 1. The highest BCUT2D eigenvalue weighted by Crippen LogP contribution is 2.28. The molecule has 1 heterocycles. The smallest absolute Gasteiger partial charge is 0.115 e. The van der Waals surface area contributed by atoms with Crippen LogP contribution in [0.3, 0.4) is 0 Å². The summed E-state index contributed by atoms with van der Waals surface area (Å²) in [5.41, 5.74) is 2.22. The van der Waals surface area contributed by atoms with Crippen molar-refractivity contribution in [3.05, 3.63) is 44.9 Å². The quantitative estimate of drug-likeness (QED) is 0.917. The number of anilines is 1. The second kappa shape index (κ2) is 5.38. The van der Waals surface area contributed by atoms with Crippen molar-refractivity contribution in [3.8, 4) is 6.07 Å². The lowest BCUT2D eigenvalue weighted by Crippen LogP contribution is -2.07.